The standard InChI is InChI=1S/C11H24N2O3S/c1-6-7-12-8-11(4,5)10(14)13-17(15,16)9(2)3/h9,12H,6-8H2,1-5H3,(H,13,14). The van der Waals surface area contributed by atoms with E-state index >= 15 is 0 Å². The topological polar surface area (TPSA) is 75.3 Å². The van der Waals surface area contributed by atoms with Gasteiger partial charge in [0.1, 0.15) is 0 Å². The molecule has 0 radical (unpaired) electrons. The predicted octanol–water partition coefficient (Wildman–Crippen LogP) is 0.867. The van der Waals surface area contributed by atoms with Crippen molar-refractivity contribution in [3.63, 3.8) is 0 Å². The average Bonchev–Trinajstić information content (AvgIpc) is 2.16. The van der Waals surface area contributed by atoms with Crippen molar-refractivity contribution in [2.75, 3.05) is 13.1 Å². The van der Waals surface area contributed by atoms with Gasteiger partial charge in [0.25, 0.3) is 0 Å². The van der Waals surface area contributed by atoms with E-state index in [2.05, 4.69) is 10.0 Å². The van der Waals surface area contributed by atoms with Crippen LogP contribution in [0.3, 0.4) is 0 Å². The minimum atomic E-state index is -3.54. The first-order valence-corrected chi connectivity index (χ1v) is 7.45. The zero-order valence-electron chi connectivity index (χ0n) is 11.3. The fraction of sp³-hybridized carbons (Fsp3) is 0.909. The van der Waals surface area contributed by atoms with E-state index in [1.165, 1.54) is 13.8 Å². The highest BCUT2D eigenvalue weighted by Gasteiger charge is 2.31. The monoisotopic (exact) mass is 264 g/mol. The van der Waals surface area contributed by atoms with Crippen LogP contribution in [0, 0.1) is 5.41 Å². The molecule has 0 aliphatic carbocycles. The third-order valence-corrected chi connectivity index (χ3v) is 4.18. The molecular formula is C11H24N2O3S. The summed E-state index contributed by atoms with van der Waals surface area (Å²) >= 11 is 0. The Bertz CT molecular complexity index is 348. The van der Waals surface area contributed by atoms with Crippen LogP contribution in [0.5, 0.6) is 0 Å². The number of carbonyl (C=O) groups excluding carboxylic acids is 1. The van der Waals surface area contributed by atoms with Crippen molar-refractivity contribution in [3.05, 3.63) is 0 Å². The van der Waals surface area contributed by atoms with Crippen molar-refractivity contribution in [1.29, 1.82) is 0 Å². The second-order valence-electron chi connectivity index (χ2n) is 5.09. The first-order valence-electron chi connectivity index (χ1n) is 5.90. The van der Waals surface area contributed by atoms with Crippen molar-refractivity contribution in [2.45, 2.75) is 46.3 Å². The van der Waals surface area contributed by atoms with E-state index in [0.29, 0.717) is 6.54 Å². The SMILES string of the molecule is CCCNCC(C)(C)C(=O)NS(=O)(=O)C(C)C. The van der Waals surface area contributed by atoms with Gasteiger partial charge in [-0.25, -0.2) is 8.42 Å². The summed E-state index contributed by atoms with van der Waals surface area (Å²) in [4.78, 5) is 11.8. The predicted molar refractivity (Wildman–Crippen MR) is 69.1 cm³/mol. The maximum Gasteiger partial charge on any atom is 0.240 e. The lowest BCUT2D eigenvalue weighted by atomic mass is 9.93. The van der Waals surface area contributed by atoms with Crippen LogP contribution in [0.1, 0.15) is 41.0 Å². The van der Waals surface area contributed by atoms with Crippen molar-refractivity contribution in [3.8, 4) is 0 Å². The van der Waals surface area contributed by atoms with Crippen LogP contribution < -0.4 is 10.0 Å². The summed E-state index contributed by atoms with van der Waals surface area (Å²) < 4.78 is 25.2. The van der Waals surface area contributed by atoms with Gasteiger partial charge in [-0.15, -0.1) is 0 Å². The molecule has 102 valence electrons. The van der Waals surface area contributed by atoms with Crippen LogP contribution in [0.4, 0.5) is 0 Å². The number of sulfonamides is 1. The van der Waals surface area contributed by atoms with E-state index in [1.54, 1.807) is 13.8 Å². The van der Waals surface area contributed by atoms with E-state index in [-0.39, 0.29) is 0 Å². The fourth-order valence-corrected chi connectivity index (χ4v) is 1.81. The third kappa shape index (κ3) is 5.50. The van der Waals surface area contributed by atoms with Gasteiger partial charge in [0.2, 0.25) is 15.9 Å². The zero-order valence-corrected chi connectivity index (χ0v) is 12.1. The van der Waals surface area contributed by atoms with Gasteiger partial charge in [-0.1, -0.05) is 6.92 Å². The lowest BCUT2D eigenvalue weighted by molar-refractivity contribution is -0.127. The van der Waals surface area contributed by atoms with Gasteiger partial charge < -0.3 is 5.32 Å². The van der Waals surface area contributed by atoms with Crippen LogP contribution in [0.25, 0.3) is 0 Å². The summed E-state index contributed by atoms with van der Waals surface area (Å²) in [7, 11) is -3.54. The second-order valence-corrected chi connectivity index (χ2v) is 7.32. The van der Waals surface area contributed by atoms with Crippen LogP contribution in [0.15, 0.2) is 0 Å². The molecule has 0 unspecified atom stereocenters. The molecule has 5 nitrogen and oxygen atoms in total. The first-order chi connectivity index (χ1) is 7.63. The molecule has 2 N–H and O–H groups in total. The van der Waals surface area contributed by atoms with Crippen molar-refractivity contribution in [1.82, 2.24) is 10.0 Å². The maximum absolute atomic E-state index is 11.8. The highest BCUT2D eigenvalue weighted by Crippen LogP contribution is 2.14. The Kier molecular flexibility index (Phi) is 6.12. The summed E-state index contributed by atoms with van der Waals surface area (Å²) in [6, 6.07) is 0. The molecule has 0 aliphatic rings. The minimum absolute atomic E-state index is 0.459. The Hall–Kier alpha value is -0.620. The normalized spacial score (nSPS) is 12.8. The summed E-state index contributed by atoms with van der Waals surface area (Å²) in [5.41, 5.74) is -0.739. The van der Waals surface area contributed by atoms with Crippen LogP contribution >= 0.6 is 0 Å². The summed E-state index contributed by atoms with van der Waals surface area (Å²) in [6.07, 6.45) is 0.974. The number of hydrogen-bond donors (Lipinski definition) is 2. The van der Waals surface area contributed by atoms with Crippen LogP contribution in [-0.2, 0) is 14.8 Å². The molecule has 0 aromatic carbocycles. The Morgan fingerprint density at radius 2 is 1.82 bits per heavy atom. The van der Waals surface area contributed by atoms with E-state index in [9.17, 15) is 13.2 Å². The number of carbonyl (C=O) groups is 1. The summed E-state index contributed by atoms with van der Waals surface area (Å²) in [5.74, 6) is -0.463. The Labute approximate surface area is 104 Å². The molecular weight excluding hydrogens is 240 g/mol. The van der Waals surface area contributed by atoms with Crippen LogP contribution in [-0.4, -0.2) is 32.7 Å². The highest BCUT2D eigenvalue weighted by molar-refractivity contribution is 7.90. The number of rotatable bonds is 7. The van der Waals surface area contributed by atoms with Crippen molar-refractivity contribution < 1.29 is 13.2 Å². The lowest BCUT2D eigenvalue weighted by Crippen LogP contribution is -2.47. The first kappa shape index (κ1) is 16.4. The van der Waals surface area contributed by atoms with Gasteiger partial charge in [-0.05, 0) is 40.7 Å². The van der Waals surface area contributed by atoms with Crippen molar-refractivity contribution >= 4 is 15.9 Å². The van der Waals surface area contributed by atoms with E-state index < -0.39 is 26.6 Å². The Morgan fingerprint density at radius 1 is 1.29 bits per heavy atom. The maximum atomic E-state index is 11.8. The van der Waals surface area contributed by atoms with E-state index in [0.717, 1.165) is 13.0 Å². The molecule has 0 rings (SSSR count). The second kappa shape index (κ2) is 6.35. The summed E-state index contributed by atoms with van der Waals surface area (Å²) in [5, 5.41) is 2.51. The average molecular weight is 264 g/mol. The Morgan fingerprint density at radius 3 is 2.24 bits per heavy atom. The molecule has 0 atom stereocenters. The Balaban J connectivity index is 4.49. The lowest BCUT2D eigenvalue weighted by Gasteiger charge is -2.24. The molecule has 6 heteroatoms. The molecule has 0 spiro atoms. The van der Waals surface area contributed by atoms with Gasteiger partial charge in [-0.3, -0.25) is 9.52 Å². The van der Waals surface area contributed by atoms with Gasteiger partial charge in [-0.2, -0.15) is 0 Å². The van der Waals surface area contributed by atoms with Gasteiger partial charge >= 0.3 is 0 Å². The number of nitrogens with one attached hydrogen (secondary N) is 2. The van der Waals surface area contributed by atoms with E-state index in [4.69, 9.17) is 0 Å². The zero-order chi connectivity index (χ0) is 13.7. The molecule has 0 aromatic rings. The summed E-state index contributed by atoms with van der Waals surface area (Å²) in [6.45, 7) is 9.83. The molecule has 17 heavy (non-hydrogen) atoms. The van der Waals surface area contributed by atoms with Gasteiger partial charge in [0, 0.05) is 6.54 Å². The largest absolute Gasteiger partial charge is 0.316 e. The van der Waals surface area contributed by atoms with Gasteiger partial charge in [0.05, 0.1) is 10.7 Å². The van der Waals surface area contributed by atoms with E-state index in [1.807, 2.05) is 6.92 Å². The molecule has 0 bridgehead atoms. The minimum Gasteiger partial charge on any atom is -0.316 e. The molecule has 0 saturated heterocycles. The molecule has 0 heterocycles. The fourth-order valence-electron chi connectivity index (χ4n) is 1.04. The quantitative estimate of drug-likeness (QED) is 0.669. The smallest absolute Gasteiger partial charge is 0.240 e. The van der Waals surface area contributed by atoms with Gasteiger partial charge in [0.15, 0.2) is 0 Å². The highest BCUT2D eigenvalue weighted by atomic mass is 32.2. The number of amides is 1. The van der Waals surface area contributed by atoms with Crippen molar-refractivity contribution in [2.24, 2.45) is 5.41 Å². The number of hydrogen-bond acceptors (Lipinski definition) is 4. The van der Waals surface area contributed by atoms with Crippen LogP contribution in [0.2, 0.25) is 0 Å². The molecule has 0 saturated carbocycles. The molecule has 0 aliphatic heterocycles. The third-order valence-electron chi connectivity index (χ3n) is 2.46. The molecule has 0 aromatic heterocycles. The molecule has 1 amide bonds. The molecule has 0 fully saturated rings.